The van der Waals surface area contributed by atoms with E-state index >= 15 is 0 Å². The summed E-state index contributed by atoms with van der Waals surface area (Å²) >= 11 is 0. The van der Waals surface area contributed by atoms with Crippen molar-refractivity contribution >= 4 is 0 Å². The second-order valence-electron chi connectivity index (χ2n) is 6.07. The summed E-state index contributed by atoms with van der Waals surface area (Å²) in [6.07, 6.45) is 11.0. The summed E-state index contributed by atoms with van der Waals surface area (Å²) < 4.78 is 0. The molecule has 0 heterocycles. The summed E-state index contributed by atoms with van der Waals surface area (Å²) in [6.45, 7) is 18.9. The molecule has 16 heavy (non-hydrogen) atoms. The first kappa shape index (κ1) is 15.0. The first-order valence-corrected chi connectivity index (χ1v) is 5.85. The quantitative estimate of drug-likeness (QED) is 0.549. The molecule has 0 aromatic rings. The fourth-order valence-corrected chi connectivity index (χ4v) is 2.23. The molecule has 0 rings (SSSR count). The van der Waals surface area contributed by atoms with Crippen LogP contribution < -0.4 is 0 Å². The highest BCUT2D eigenvalue weighted by molar-refractivity contribution is 5.30. The summed E-state index contributed by atoms with van der Waals surface area (Å²) in [7, 11) is 0. The van der Waals surface area contributed by atoms with Crippen molar-refractivity contribution in [2.75, 3.05) is 0 Å². The van der Waals surface area contributed by atoms with Crippen LogP contribution in [0, 0.1) is 10.8 Å². The van der Waals surface area contributed by atoms with E-state index in [1.54, 1.807) is 0 Å². The zero-order valence-corrected chi connectivity index (χ0v) is 11.5. The van der Waals surface area contributed by atoms with E-state index in [2.05, 4.69) is 59.9 Å². The average molecular weight is 218 g/mol. The van der Waals surface area contributed by atoms with Gasteiger partial charge in [0, 0.05) is 0 Å². The Morgan fingerprint density at radius 1 is 1.00 bits per heavy atom. The lowest BCUT2D eigenvalue weighted by Crippen LogP contribution is -2.22. The van der Waals surface area contributed by atoms with E-state index in [4.69, 9.17) is 0 Å². The normalized spacial score (nSPS) is 14.2. The largest absolute Gasteiger partial charge is 0.0991 e. The van der Waals surface area contributed by atoms with Crippen LogP contribution in [-0.4, -0.2) is 0 Å². The van der Waals surface area contributed by atoms with E-state index in [0.29, 0.717) is 5.41 Å². The zero-order valence-electron chi connectivity index (χ0n) is 11.5. The number of allylic oxidation sites excluding steroid dienone is 6. The molecule has 0 heteroatoms. The van der Waals surface area contributed by atoms with Gasteiger partial charge in [-0.1, -0.05) is 78.2 Å². The van der Waals surface area contributed by atoms with Gasteiger partial charge in [-0.25, -0.2) is 0 Å². The molecule has 0 fully saturated rings. The van der Waals surface area contributed by atoms with Gasteiger partial charge in [0.05, 0.1) is 0 Å². The second kappa shape index (κ2) is 5.89. The Kier molecular flexibility index (Phi) is 5.50. The molecule has 0 aromatic heterocycles. The van der Waals surface area contributed by atoms with Gasteiger partial charge in [0.15, 0.2) is 0 Å². The third kappa shape index (κ3) is 5.75. The smallest absolute Gasteiger partial charge is 0.00986 e. The molecule has 0 bridgehead atoms. The Morgan fingerprint density at radius 2 is 1.56 bits per heavy atom. The average Bonchev–Trinajstić information content (AvgIpc) is 2.07. The van der Waals surface area contributed by atoms with Gasteiger partial charge in [-0.2, -0.15) is 0 Å². The van der Waals surface area contributed by atoms with Crippen LogP contribution in [0.2, 0.25) is 0 Å². The lowest BCUT2D eigenvalue weighted by molar-refractivity contribution is 0.253. The van der Waals surface area contributed by atoms with E-state index in [-0.39, 0.29) is 5.41 Å². The molecular weight excluding hydrogens is 192 g/mol. The van der Waals surface area contributed by atoms with Gasteiger partial charge in [0.25, 0.3) is 0 Å². The summed E-state index contributed by atoms with van der Waals surface area (Å²) in [5.74, 6) is 0. The topological polar surface area (TPSA) is 0 Å². The molecule has 0 N–H and O–H groups in total. The van der Waals surface area contributed by atoms with Crippen LogP contribution in [0.4, 0.5) is 0 Å². The number of rotatable bonds is 5. The third-order valence-corrected chi connectivity index (χ3v) is 2.46. The van der Waals surface area contributed by atoms with Crippen LogP contribution in [0.15, 0.2) is 49.1 Å². The highest BCUT2D eigenvalue weighted by Crippen LogP contribution is 2.39. The van der Waals surface area contributed by atoms with Crippen LogP contribution in [0.1, 0.15) is 41.0 Å². The Balaban J connectivity index is 5.04. The van der Waals surface area contributed by atoms with Gasteiger partial charge in [-0.3, -0.25) is 0 Å². The Labute approximate surface area is 101 Å². The minimum atomic E-state index is 0.159. The van der Waals surface area contributed by atoms with Crippen molar-refractivity contribution < 1.29 is 0 Å². The highest BCUT2D eigenvalue weighted by Gasteiger charge is 2.27. The number of hydrogen-bond donors (Lipinski definition) is 0. The molecule has 0 atom stereocenters. The van der Waals surface area contributed by atoms with Gasteiger partial charge in [-0.15, -0.1) is 0 Å². The van der Waals surface area contributed by atoms with Gasteiger partial charge < -0.3 is 0 Å². The molecule has 0 unspecified atom stereocenters. The highest BCUT2D eigenvalue weighted by atomic mass is 14.3. The van der Waals surface area contributed by atoms with Crippen molar-refractivity contribution in [3.05, 3.63) is 49.1 Å². The SMILES string of the molecule is C=C/C=C\C(=C/C=C)C(C)(C)CC(C)(C)C. The van der Waals surface area contributed by atoms with Crippen molar-refractivity contribution in [1.29, 1.82) is 0 Å². The Bertz CT molecular complexity index is 292. The van der Waals surface area contributed by atoms with Crippen LogP contribution in [0.25, 0.3) is 0 Å². The van der Waals surface area contributed by atoms with E-state index < -0.39 is 0 Å². The van der Waals surface area contributed by atoms with E-state index in [0.717, 1.165) is 6.42 Å². The minimum Gasteiger partial charge on any atom is -0.0991 e. The minimum absolute atomic E-state index is 0.159. The molecule has 0 radical (unpaired) electrons. The number of hydrogen-bond acceptors (Lipinski definition) is 0. The van der Waals surface area contributed by atoms with Gasteiger partial charge in [-0.05, 0) is 22.8 Å². The fourth-order valence-electron chi connectivity index (χ4n) is 2.23. The molecule has 0 nitrogen and oxygen atoms in total. The summed E-state index contributed by atoms with van der Waals surface area (Å²) in [6, 6.07) is 0. The van der Waals surface area contributed by atoms with E-state index in [9.17, 15) is 0 Å². The predicted molar refractivity (Wildman–Crippen MR) is 75.5 cm³/mol. The lowest BCUT2D eigenvalue weighted by atomic mass is 9.71. The molecule has 0 amide bonds. The Hall–Kier alpha value is -1.04. The molecule has 0 aliphatic carbocycles. The van der Waals surface area contributed by atoms with Crippen molar-refractivity contribution in [2.24, 2.45) is 10.8 Å². The van der Waals surface area contributed by atoms with Crippen LogP contribution in [0.3, 0.4) is 0 Å². The molecule has 0 saturated heterocycles. The lowest BCUT2D eigenvalue weighted by Gasteiger charge is -2.33. The predicted octanol–water partition coefficient (Wildman–Crippen LogP) is 5.30. The maximum Gasteiger partial charge on any atom is -0.00986 e. The summed E-state index contributed by atoms with van der Waals surface area (Å²) in [5.41, 5.74) is 1.79. The maximum absolute atomic E-state index is 3.78. The third-order valence-electron chi connectivity index (χ3n) is 2.46. The van der Waals surface area contributed by atoms with Crippen molar-refractivity contribution in [2.45, 2.75) is 41.0 Å². The first-order valence-electron chi connectivity index (χ1n) is 5.85. The van der Waals surface area contributed by atoms with Crippen LogP contribution in [-0.2, 0) is 0 Å². The molecule has 0 aromatic carbocycles. The van der Waals surface area contributed by atoms with Gasteiger partial charge >= 0.3 is 0 Å². The first-order chi connectivity index (χ1) is 7.23. The summed E-state index contributed by atoms with van der Waals surface area (Å²) in [4.78, 5) is 0. The molecule has 90 valence electrons. The monoisotopic (exact) mass is 218 g/mol. The van der Waals surface area contributed by atoms with E-state index in [1.807, 2.05) is 18.2 Å². The fraction of sp³-hybridized carbons (Fsp3) is 0.500. The van der Waals surface area contributed by atoms with Gasteiger partial charge in [0.2, 0.25) is 0 Å². The zero-order chi connectivity index (χ0) is 12.8. The summed E-state index contributed by atoms with van der Waals surface area (Å²) in [5, 5.41) is 0. The molecule has 0 spiro atoms. The Morgan fingerprint density at radius 3 is 1.94 bits per heavy atom. The van der Waals surface area contributed by atoms with Gasteiger partial charge in [0.1, 0.15) is 0 Å². The molecule has 0 saturated carbocycles. The van der Waals surface area contributed by atoms with Crippen LogP contribution >= 0.6 is 0 Å². The van der Waals surface area contributed by atoms with Crippen molar-refractivity contribution in [3.8, 4) is 0 Å². The van der Waals surface area contributed by atoms with Crippen LogP contribution in [0.5, 0.6) is 0 Å². The van der Waals surface area contributed by atoms with Crippen molar-refractivity contribution in [1.82, 2.24) is 0 Å². The molecule has 0 aliphatic heterocycles. The second-order valence-corrected chi connectivity index (χ2v) is 6.07. The van der Waals surface area contributed by atoms with E-state index in [1.165, 1.54) is 5.57 Å². The molecule has 0 aliphatic rings. The van der Waals surface area contributed by atoms with Crippen molar-refractivity contribution in [3.63, 3.8) is 0 Å². The maximum atomic E-state index is 3.78. The molecular formula is C16H26. The standard InChI is InChI=1S/C16H26/c1-8-10-12-14(11-9-2)16(6,7)13-15(3,4)5/h8-12H,1-2,13H2,3-7H3/b12-10-,14-11+.